The Morgan fingerprint density at radius 3 is 2.17 bits per heavy atom. The van der Waals surface area contributed by atoms with Crippen molar-refractivity contribution in [2.45, 2.75) is 44.1 Å². The van der Waals surface area contributed by atoms with E-state index in [2.05, 4.69) is 15.4 Å². The summed E-state index contributed by atoms with van der Waals surface area (Å²) in [4.78, 5) is 12.5. The Balaban J connectivity index is 1.72. The molecule has 0 amide bonds. The van der Waals surface area contributed by atoms with Gasteiger partial charge in [-0.3, -0.25) is 0 Å². The molecule has 1 N–H and O–H groups in total. The van der Waals surface area contributed by atoms with Gasteiger partial charge in [0.2, 0.25) is 0 Å². The Kier molecular flexibility index (Phi) is 1.92. The van der Waals surface area contributed by atoms with E-state index in [9.17, 15) is 4.79 Å². The Labute approximate surface area is 104 Å². The molecule has 0 radical (unpaired) electrons. The molecule has 96 valence electrons. The SMILES string of the molecule is O=C(O)c1nnn(C23CC4CC(CC(C4)C2)C3)n1. The molecule has 4 aliphatic rings. The first kappa shape index (κ1) is 10.5. The van der Waals surface area contributed by atoms with E-state index in [1.165, 1.54) is 19.3 Å². The van der Waals surface area contributed by atoms with Crippen LogP contribution in [0.15, 0.2) is 0 Å². The molecule has 0 unspecified atom stereocenters. The molecule has 4 aliphatic carbocycles. The van der Waals surface area contributed by atoms with E-state index < -0.39 is 5.97 Å². The maximum Gasteiger partial charge on any atom is 0.377 e. The molecular formula is C12H16N4O2. The van der Waals surface area contributed by atoms with Gasteiger partial charge in [-0.15, -0.1) is 10.2 Å². The van der Waals surface area contributed by atoms with E-state index in [4.69, 9.17) is 5.11 Å². The van der Waals surface area contributed by atoms with Gasteiger partial charge in [0.1, 0.15) is 0 Å². The minimum Gasteiger partial charge on any atom is -0.475 e. The number of rotatable bonds is 2. The molecule has 6 heteroatoms. The van der Waals surface area contributed by atoms with Crippen molar-refractivity contribution in [3.05, 3.63) is 5.82 Å². The number of hydrogen-bond donors (Lipinski definition) is 1. The molecule has 0 saturated heterocycles. The number of carboxylic acid groups (broad SMARTS) is 1. The van der Waals surface area contributed by atoms with Gasteiger partial charge in [0.05, 0.1) is 5.54 Å². The minimum atomic E-state index is -1.09. The number of carboxylic acids is 1. The zero-order valence-electron chi connectivity index (χ0n) is 10.1. The van der Waals surface area contributed by atoms with E-state index in [-0.39, 0.29) is 11.4 Å². The standard InChI is InChI=1S/C12H16N4O2/c17-11(18)10-13-15-16(14-10)12-4-7-1-8(5-12)3-9(2-7)6-12/h7-9H,1-6H2,(H,17,18). The third-order valence-electron chi connectivity index (χ3n) is 5.04. The number of tetrazole rings is 1. The Bertz CT molecular complexity index is 475. The van der Waals surface area contributed by atoms with Crippen molar-refractivity contribution in [2.24, 2.45) is 17.8 Å². The van der Waals surface area contributed by atoms with Crippen LogP contribution in [0.1, 0.15) is 49.1 Å². The van der Waals surface area contributed by atoms with Crippen molar-refractivity contribution in [3.63, 3.8) is 0 Å². The summed E-state index contributed by atoms with van der Waals surface area (Å²) in [7, 11) is 0. The zero-order valence-corrected chi connectivity index (χ0v) is 10.1. The van der Waals surface area contributed by atoms with Crippen LogP contribution in [-0.2, 0) is 5.54 Å². The predicted molar refractivity (Wildman–Crippen MR) is 60.9 cm³/mol. The summed E-state index contributed by atoms with van der Waals surface area (Å²) < 4.78 is 0. The normalized spacial score (nSPS) is 41.2. The summed E-state index contributed by atoms with van der Waals surface area (Å²) in [5.41, 5.74) is -0.0323. The fourth-order valence-corrected chi connectivity index (χ4v) is 4.81. The molecule has 1 aromatic heterocycles. The van der Waals surface area contributed by atoms with Gasteiger partial charge in [0.25, 0.3) is 5.82 Å². The zero-order chi connectivity index (χ0) is 12.3. The number of aromatic carboxylic acids is 1. The average Bonchev–Trinajstić information content (AvgIpc) is 2.76. The molecule has 1 heterocycles. The van der Waals surface area contributed by atoms with Crippen LogP contribution in [0.2, 0.25) is 0 Å². The predicted octanol–water partition coefficient (Wildman–Crippen LogP) is 1.30. The smallest absolute Gasteiger partial charge is 0.377 e. The Morgan fingerprint density at radius 1 is 1.17 bits per heavy atom. The number of hydrogen-bond acceptors (Lipinski definition) is 4. The summed E-state index contributed by atoms with van der Waals surface area (Å²) >= 11 is 0. The fraction of sp³-hybridized carbons (Fsp3) is 0.833. The molecule has 4 fully saturated rings. The molecule has 1 aromatic rings. The van der Waals surface area contributed by atoms with Crippen LogP contribution in [0.5, 0.6) is 0 Å². The van der Waals surface area contributed by atoms with Gasteiger partial charge in [0, 0.05) is 0 Å². The summed E-state index contributed by atoms with van der Waals surface area (Å²) in [5, 5.41) is 20.7. The summed E-state index contributed by atoms with van der Waals surface area (Å²) in [6, 6.07) is 0. The number of nitrogens with zero attached hydrogens (tertiary/aromatic N) is 4. The van der Waals surface area contributed by atoms with Gasteiger partial charge in [0.15, 0.2) is 0 Å². The highest BCUT2D eigenvalue weighted by Gasteiger charge is 2.53. The lowest BCUT2D eigenvalue weighted by molar-refractivity contribution is -0.0575. The van der Waals surface area contributed by atoms with Crippen molar-refractivity contribution in [1.29, 1.82) is 0 Å². The van der Waals surface area contributed by atoms with Crippen LogP contribution in [-0.4, -0.2) is 31.3 Å². The van der Waals surface area contributed by atoms with Gasteiger partial charge in [-0.05, 0) is 61.5 Å². The van der Waals surface area contributed by atoms with E-state index in [1.807, 2.05) is 0 Å². The van der Waals surface area contributed by atoms with Crippen molar-refractivity contribution >= 4 is 5.97 Å². The van der Waals surface area contributed by atoms with Crippen LogP contribution < -0.4 is 0 Å². The van der Waals surface area contributed by atoms with Gasteiger partial charge in [-0.1, -0.05) is 0 Å². The largest absolute Gasteiger partial charge is 0.475 e. The molecular weight excluding hydrogens is 232 g/mol. The molecule has 18 heavy (non-hydrogen) atoms. The van der Waals surface area contributed by atoms with Crippen molar-refractivity contribution in [1.82, 2.24) is 20.2 Å². The lowest BCUT2D eigenvalue weighted by atomic mass is 9.53. The second-order valence-corrected chi connectivity index (χ2v) is 6.35. The summed E-state index contributed by atoms with van der Waals surface area (Å²) in [5.74, 6) is 1.10. The number of carbonyl (C=O) groups is 1. The van der Waals surface area contributed by atoms with Crippen LogP contribution in [0, 0.1) is 17.8 Å². The summed E-state index contributed by atoms with van der Waals surface area (Å²) in [6.07, 6.45) is 7.36. The lowest BCUT2D eigenvalue weighted by Crippen LogP contribution is -2.52. The van der Waals surface area contributed by atoms with E-state index in [0.29, 0.717) is 0 Å². The van der Waals surface area contributed by atoms with Crippen molar-refractivity contribution in [3.8, 4) is 0 Å². The highest BCUT2D eigenvalue weighted by molar-refractivity contribution is 5.82. The summed E-state index contributed by atoms with van der Waals surface area (Å²) in [6.45, 7) is 0. The van der Waals surface area contributed by atoms with Crippen molar-refractivity contribution < 1.29 is 9.90 Å². The van der Waals surface area contributed by atoms with Gasteiger partial charge in [-0.2, -0.15) is 4.80 Å². The molecule has 0 aromatic carbocycles. The third-order valence-corrected chi connectivity index (χ3v) is 5.04. The van der Waals surface area contributed by atoms with E-state index >= 15 is 0 Å². The first-order valence-electron chi connectivity index (χ1n) is 6.68. The van der Waals surface area contributed by atoms with Crippen LogP contribution in [0.3, 0.4) is 0 Å². The second-order valence-electron chi connectivity index (χ2n) is 6.35. The van der Waals surface area contributed by atoms with Gasteiger partial charge in [-0.25, -0.2) is 4.79 Å². The average molecular weight is 248 g/mol. The second kappa shape index (κ2) is 3.30. The fourth-order valence-electron chi connectivity index (χ4n) is 4.81. The van der Waals surface area contributed by atoms with Gasteiger partial charge >= 0.3 is 5.97 Å². The molecule has 4 bridgehead atoms. The first-order chi connectivity index (χ1) is 8.64. The molecule has 0 atom stereocenters. The minimum absolute atomic E-state index is 0.0323. The molecule has 0 aliphatic heterocycles. The van der Waals surface area contributed by atoms with Crippen molar-refractivity contribution in [2.75, 3.05) is 0 Å². The van der Waals surface area contributed by atoms with E-state index in [1.54, 1.807) is 4.80 Å². The maximum absolute atomic E-state index is 10.9. The third kappa shape index (κ3) is 1.34. The molecule has 4 saturated carbocycles. The number of aromatic nitrogens is 4. The van der Waals surface area contributed by atoms with E-state index in [0.717, 1.165) is 37.0 Å². The van der Waals surface area contributed by atoms with Crippen LogP contribution in [0.4, 0.5) is 0 Å². The lowest BCUT2D eigenvalue weighted by Gasteiger charge is -2.55. The monoisotopic (exact) mass is 248 g/mol. The highest BCUT2D eigenvalue weighted by Crippen LogP contribution is 2.58. The Hall–Kier alpha value is -1.46. The maximum atomic E-state index is 10.9. The van der Waals surface area contributed by atoms with Gasteiger partial charge < -0.3 is 5.11 Å². The molecule has 0 spiro atoms. The Morgan fingerprint density at radius 2 is 1.72 bits per heavy atom. The topological polar surface area (TPSA) is 80.9 Å². The highest BCUT2D eigenvalue weighted by atomic mass is 16.4. The quantitative estimate of drug-likeness (QED) is 0.853. The molecule has 5 rings (SSSR count). The van der Waals surface area contributed by atoms with Crippen LogP contribution in [0.25, 0.3) is 0 Å². The molecule has 6 nitrogen and oxygen atoms in total. The first-order valence-corrected chi connectivity index (χ1v) is 6.68. The van der Waals surface area contributed by atoms with Crippen LogP contribution >= 0.6 is 0 Å².